The molecule has 2 aromatic rings. The molecule has 2 heterocycles. The van der Waals surface area contributed by atoms with E-state index in [0.717, 1.165) is 21.3 Å². The van der Waals surface area contributed by atoms with E-state index in [1.165, 1.54) is 41.0 Å². The quantitative estimate of drug-likeness (QED) is 0.750. The molecule has 5 rings (SSSR count). The predicted octanol–water partition coefficient (Wildman–Crippen LogP) is 4.85. The highest BCUT2D eigenvalue weighted by Gasteiger charge is 2.54. The molecule has 0 unspecified atom stereocenters. The van der Waals surface area contributed by atoms with Gasteiger partial charge in [-0.3, -0.25) is 4.79 Å². The first kappa shape index (κ1) is 13.9. The molecule has 0 amide bonds. The first-order chi connectivity index (χ1) is 10.7. The minimum Gasteiger partial charge on any atom is -0.307 e. The molecule has 1 aromatic carbocycles. The summed E-state index contributed by atoms with van der Waals surface area (Å²) in [6.07, 6.45) is 4.16. The number of benzene rings is 1. The second kappa shape index (κ2) is 4.99. The molecule has 1 aromatic heterocycles. The molecule has 3 aliphatic rings. The fourth-order valence-corrected chi connectivity index (χ4v) is 8.05. The Hall–Kier alpha value is -0.520. The smallest absolute Gasteiger partial charge is 0.305 e. The number of H-pyrrole nitrogens is 1. The van der Waals surface area contributed by atoms with E-state index in [2.05, 4.69) is 45.2 Å². The van der Waals surface area contributed by atoms with Gasteiger partial charge in [-0.1, -0.05) is 39.4 Å². The van der Waals surface area contributed by atoms with Crippen LogP contribution in [0.2, 0.25) is 0 Å². The van der Waals surface area contributed by atoms with Crippen molar-refractivity contribution in [2.75, 3.05) is 0 Å². The molecule has 0 saturated heterocycles. The van der Waals surface area contributed by atoms with Gasteiger partial charge in [-0.15, -0.1) is 11.8 Å². The molecule has 2 saturated carbocycles. The van der Waals surface area contributed by atoms with Gasteiger partial charge >= 0.3 is 4.87 Å². The van der Waals surface area contributed by atoms with Gasteiger partial charge in [-0.25, -0.2) is 0 Å². The van der Waals surface area contributed by atoms with Crippen molar-refractivity contribution >= 4 is 39.0 Å². The van der Waals surface area contributed by atoms with Crippen molar-refractivity contribution in [1.29, 1.82) is 0 Å². The van der Waals surface area contributed by atoms with E-state index in [0.29, 0.717) is 17.1 Å². The second-order valence-corrected chi connectivity index (χ2v) is 9.85. The van der Waals surface area contributed by atoms with Crippen molar-refractivity contribution in [2.24, 2.45) is 17.8 Å². The molecule has 5 heteroatoms. The third kappa shape index (κ3) is 1.95. The fraction of sp³-hybridized carbons (Fsp3) is 0.471. The average molecular weight is 394 g/mol. The summed E-state index contributed by atoms with van der Waals surface area (Å²) in [6, 6.07) is 8.74. The zero-order valence-corrected chi connectivity index (χ0v) is 15.1. The summed E-state index contributed by atoms with van der Waals surface area (Å²) in [4.78, 5) is 16.4. The lowest BCUT2D eigenvalue weighted by atomic mass is 9.75. The van der Waals surface area contributed by atoms with Gasteiger partial charge in [0.25, 0.3) is 0 Å². The summed E-state index contributed by atoms with van der Waals surface area (Å²) in [7, 11) is 0. The van der Waals surface area contributed by atoms with Crippen LogP contribution in [-0.2, 0) is 0 Å². The summed E-state index contributed by atoms with van der Waals surface area (Å²) < 4.78 is 1.12. The molecule has 114 valence electrons. The number of halogens is 1. The van der Waals surface area contributed by atoms with E-state index in [1.807, 2.05) is 11.8 Å². The normalized spacial score (nSPS) is 35.4. The van der Waals surface area contributed by atoms with Crippen LogP contribution in [0.5, 0.6) is 0 Å². The van der Waals surface area contributed by atoms with Crippen LogP contribution in [0.4, 0.5) is 0 Å². The van der Waals surface area contributed by atoms with Crippen LogP contribution in [0.1, 0.15) is 35.6 Å². The number of rotatable bonds is 1. The highest BCUT2D eigenvalue weighted by Crippen LogP contribution is 2.63. The number of hydrogen-bond donors (Lipinski definition) is 1. The SMILES string of the molecule is O=c1[nH]c2c(s1)[C@H](c1ccc(Br)cc1)[C@@H]1[C@@H]3CC[C@H](C3)[C@@H]1S2. The maximum absolute atomic E-state index is 11.9. The van der Waals surface area contributed by atoms with Crippen molar-refractivity contribution in [1.82, 2.24) is 4.98 Å². The molecule has 0 radical (unpaired) electrons. The van der Waals surface area contributed by atoms with Crippen molar-refractivity contribution < 1.29 is 0 Å². The van der Waals surface area contributed by atoms with Crippen molar-refractivity contribution in [3.05, 3.63) is 48.8 Å². The summed E-state index contributed by atoms with van der Waals surface area (Å²) in [5, 5.41) is 1.85. The lowest BCUT2D eigenvalue weighted by Gasteiger charge is -2.40. The van der Waals surface area contributed by atoms with Gasteiger partial charge < -0.3 is 4.98 Å². The zero-order valence-electron chi connectivity index (χ0n) is 11.9. The highest BCUT2D eigenvalue weighted by molar-refractivity contribution is 9.10. The van der Waals surface area contributed by atoms with Gasteiger partial charge in [-0.05, 0) is 54.7 Å². The number of aromatic nitrogens is 1. The van der Waals surface area contributed by atoms with Crippen LogP contribution < -0.4 is 4.87 Å². The predicted molar refractivity (Wildman–Crippen MR) is 94.9 cm³/mol. The van der Waals surface area contributed by atoms with E-state index in [1.54, 1.807) is 0 Å². The lowest BCUT2D eigenvalue weighted by molar-refractivity contribution is 0.307. The van der Waals surface area contributed by atoms with Gasteiger partial charge in [0.2, 0.25) is 0 Å². The molecule has 2 nitrogen and oxygen atoms in total. The largest absolute Gasteiger partial charge is 0.307 e. The Labute approximate surface area is 145 Å². The van der Waals surface area contributed by atoms with Gasteiger partial charge in [0.1, 0.15) is 0 Å². The standard InChI is InChI=1S/C17H16BrNOS2/c18-11-5-3-8(4-6-11)12-13-9-1-2-10(7-9)14(13)21-16-15(12)22-17(20)19-16/h3-6,9-10,12-14H,1-2,7H2,(H,19,20)/t9-,10-,12-,13+,14+/m1/s1. The highest BCUT2D eigenvalue weighted by atomic mass is 79.9. The molecule has 1 aliphatic heterocycles. The summed E-state index contributed by atoms with van der Waals surface area (Å²) >= 11 is 6.93. The molecular formula is C17H16BrNOS2. The Morgan fingerprint density at radius 2 is 1.91 bits per heavy atom. The monoisotopic (exact) mass is 393 g/mol. The van der Waals surface area contributed by atoms with Crippen molar-refractivity contribution in [2.45, 2.75) is 35.5 Å². The second-order valence-electron chi connectivity index (χ2n) is 6.73. The number of nitrogens with one attached hydrogen (secondary N) is 1. The molecule has 2 bridgehead atoms. The Balaban J connectivity index is 1.68. The molecular weight excluding hydrogens is 378 g/mol. The Kier molecular flexibility index (Phi) is 3.15. The van der Waals surface area contributed by atoms with Crippen LogP contribution in [0.15, 0.2) is 38.6 Å². The third-order valence-electron chi connectivity index (χ3n) is 5.69. The fourth-order valence-electron chi connectivity index (χ4n) is 4.89. The maximum Gasteiger partial charge on any atom is 0.305 e. The van der Waals surface area contributed by atoms with Crippen LogP contribution in [0.25, 0.3) is 0 Å². The molecule has 5 atom stereocenters. The van der Waals surface area contributed by atoms with Gasteiger partial charge in [0.15, 0.2) is 0 Å². The van der Waals surface area contributed by atoms with Crippen LogP contribution in [-0.4, -0.2) is 10.2 Å². The van der Waals surface area contributed by atoms with E-state index in [9.17, 15) is 4.79 Å². The summed E-state index contributed by atoms with van der Waals surface area (Å²) in [5.41, 5.74) is 1.38. The number of thioether (sulfide) groups is 1. The molecule has 0 spiro atoms. The minimum absolute atomic E-state index is 0.104. The molecule has 2 fully saturated rings. The van der Waals surface area contributed by atoms with Crippen LogP contribution in [0, 0.1) is 17.8 Å². The van der Waals surface area contributed by atoms with Crippen LogP contribution in [0.3, 0.4) is 0 Å². The third-order valence-corrected chi connectivity index (χ3v) is 8.85. The van der Waals surface area contributed by atoms with E-state index in [4.69, 9.17) is 0 Å². The summed E-state index contributed by atoms with van der Waals surface area (Å²) in [6.45, 7) is 0. The Morgan fingerprint density at radius 1 is 1.14 bits per heavy atom. The Morgan fingerprint density at radius 3 is 2.73 bits per heavy atom. The summed E-state index contributed by atoms with van der Waals surface area (Å²) in [5.74, 6) is 2.83. The molecule has 1 N–H and O–H groups in total. The number of hydrogen-bond acceptors (Lipinski definition) is 3. The zero-order chi connectivity index (χ0) is 14.8. The van der Waals surface area contributed by atoms with Gasteiger partial charge in [-0.2, -0.15) is 0 Å². The van der Waals surface area contributed by atoms with Gasteiger partial charge in [0.05, 0.1) is 5.03 Å². The van der Waals surface area contributed by atoms with Crippen molar-refractivity contribution in [3.8, 4) is 0 Å². The van der Waals surface area contributed by atoms with E-state index in [-0.39, 0.29) is 4.87 Å². The van der Waals surface area contributed by atoms with Gasteiger partial charge in [0, 0.05) is 20.5 Å². The number of thiazole rings is 1. The maximum atomic E-state index is 11.9. The average Bonchev–Trinajstić information content (AvgIpc) is 3.19. The minimum atomic E-state index is 0.104. The number of fused-ring (bicyclic) bond motifs is 6. The van der Waals surface area contributed by atoms with Crippen molar-refractivity contribution in [3.63, 3.8) is 0 Å². The molecule has 22 heavy (non-hydrogen) atoms. The van der Waals surface area contributed by atoms with Crippen LogP contribution >= 0.6 is 39.0 Å². The topological polar surface area (TPSA) is 32.9 Å². The first-order valence-corrected chi connectivity index (χ1v) is 10.3. The lowest BCUT2D eigenvalue weighted by Crippen LogP contribution is -2.33. The molecule has 2 aliphatic carbocycles. The number of aromatic amines is 1. The van der Waals surface area contributed by atoms with E-state index < -0.39 is 0 Å². The Bertz CT molecular complexity index is 781. The first-order valence-electron chi connectivity index (χ1n) is 7.86. The van der Waals surface area contributed by atoms with E-state index >= 15 is 0 Å².